The molecule has 2 rings (SSSR count). The van der Waals surface area contributed by atoms with Gasteiger partial charge in [-0.1, -0.05) is 6.07 Å². The van der Waals surface area contributed by atoms with Crippen LogP contribution in [0.25, 0.3) is 0 Å². The number of rotatable bonds is 3. The van der Waals surface area contributed by atoms with E-state index < -0.39 is 5.60 Å². The van der Waals surface area contributed by atoms with Gasteiger partial charge in [-0.2, -0.15) is 0 Å². The van der Waals surface area contributed by atoms with Crippen molar-refractivity contribution in [1.82, 2.24) is 0 Å². The molecule has 1 saturated heterocycles. The molecule has 0 aliphatic carbocycles. The summed E-state index contributed by atoms with van der Waals surface area (Å²) in [7, 11) is 0. The number of hydrogen-bond donors (Lipinski definition) is 1. The first kappa shape index (κ1) is 12.1. The van der Waals surface area contributed by atoms with E-state index in [4.69, 9.17) is 4.74 Å². The van der Waals surface area contributed by atoms with Crippen molar-refractivity contribution in [2.75, 3.05) is 6.61 Å². The van der Waals surface area contributed by atoms with Crippen LogP contribution < -0.4 is 0 Å². The third-order valence-electron chi connectivity index (χ3n) is 3.23. The van der Waals surface area contributed by atoms with E-state index in [0.29, 0.717) is 6.61 Å². The minimum Gasteiger partial charge on any atom is -0.390 e. The second kappa shape index (κ2) is 4.47. The lowest BCUT2D eigenvalue weighted by molar-refractivity contribution is -0.146. The lowest BCUT2D eigenvalue weighted by Gasteiger charge is -2.41. The van der Waals surface area contributed by atoms with Gasteiger partial charge in [0.25, 0.3) is 0 Å². The molecule has 1 fully saturated rings. The van der Waals surface area contributed by atoms with Crippen molar-refractivity contribution in [2.45, 2.75) is 50.7 Å². The van der Waals surface area contributed by atoms with Crippen LogP contribution in [0.3, 0.4) is 0 Å². The Balaban J connectivity index is 1.92. The summed E-state index contributed by atoms with van der Waals surface area (Å²) >= 11 is 1.77. The molecule has 90 valence electrons. The molecule has 2 nitrogen and oxygen atoms in total. The molecule has 0 aromatic carbocycles. The lowest BCUT2D eigenvalue weighted by Crippen LogP contribution is -2.46. The minimum absolute atomic E-state index is 0.178. The first-order valence-corrected chi connectivity index (χ1v) is 6.76. The first-order chi connectivity index (χ1) is 7.49. The van der Waals surface area contributed by atoms with E-state index in [-0.39, 0.29) is 5.60 Å². The van der Waals surface area contributed by atoms with Crippen molar-refractivity contribution < 1.29 is 9.84 Å². The van der Waals surface area contributed by atoms with Crippen molar-refractivity contribution in [2.24, 2.45) is 0 Å². The molecular formula is C13H20O2S. The molecule has 0 saturated carbocycles. The highest BCUT2D eigenvalue weighted by molar-refractivity contribution is 7.09. The Morgan fingerprint density at radius 2 is 2.31 bits per heavy atom. The number of aryl methyl sites for hydroxylation is 1. The van der Waals surface area contributed by atoms with Crippen LogP contribution in [0, 0.1) is 0 Å². The molecule has 1 unspecified atom stereocenters. The first-order valence-electron chi connectivity index (χ1n) is 5.88. The van der Waals surface area contributed by atoms with Gasteiger partial charge in [-0.05, 0) is 44.6 Å². The molecule has 1 aliphatic heterocycles. The third-order valence-corrected chi connectivity index (χ3v) is 4.17. The maximum absolute atomic E-state index is 10.5. The van der Waals surface area contributed by atoms with Crippen molar-refractivity contribution in [3.05, 3.63) is 22.4 Å². The Labute approximate surface area is 101 Å². The smallest absolute Gasteiger partial charge is 0.0700 e. The average Bonchev–Trinajstić information content (AvgIpc) is 2.65. The Hall–Kier alpha value is -0.380. The van der Waals surface area contributed by atoms with E-state index in [0.717, 1.165) is 25.7 Å². The Bertz CT molecular complexity index is 332. The van der Waals surface area contributed by atoms with Crippen molar-refractivity contribution in [3.8, 4) is 0 Å². The van der Waals surface area contributed by atoms with Gasteiger partial charge in [0.15, 0.2) is 0 Å². The SMILES string of the molecule is CC1(C)CC(O)(CCc2cccs2)CCO1. The molecule has 1 N–H and O–H groups in total. The zero-order chi connectivity index (χ0) is 11.6. The fourth-order valence-corrected chi connectivity index (χ4v) is 3.18. The van der Waals surface area contributed by atoms with Gasteiger partial charge in [-0.15, -0.1) is 11.3 Å². The van der Waals surface area contributed by atoms with Gasteiger partial charge >= 0.3 is 0 Å². The second-order valence-corrected chi connectivity index (χ2v) is 6.37. The highest BCUT2D eigenvalue weighted by Crippen LogP contribution is 2.35. The van der Waals surface area contributed by atoms with Gasteiger partial charge < -0.3 is 9.84 Å². The number of ether oxygens (including phenoxy) is 1. The molecule has 3 heteroatoms. The molecule has 2 heterocycles. The van der Waals surface area contributed by atoms with Crippen LogP contribution in [0.1, 0.15) is 38.0 Å². The highest BCUT2D eigenvalue weighted by atomic mass is 32.1. The summed E-state index contributed by atoms with van der Waals surface area (Å²) < 4.78 is 5.64. The number of aliphatic hydroxyl groups is 1. The normalized spacial score (nSPS) is 29.2. The predicted octanol–water partition coefficient (Wildman–Crippen LogP) is 3.00. The van der Waals surface area contributed by atoms with Crippen LogP contribution in [0.5, 0.6) is 0 Å². The maximum atomic E-state index is 10.5. The van der Waals surface area contributed by atoms with Crippen molar-refractivity contribution in [3.63, 3.8) is 0 Å². The molecule has 0 spiro atoms. The van der Waals surface area contributed by atoms with Gasteiger partial charge in [0.1, 0.15) is 0 Å². The van der Waals surface area contributed by atoms with Crippen LogP contribution in [0.2, 0.25) is 0 Å². The Morgan fingerprint density at radius 3 is 2.94 bits per heavy atom. The van der Waals surface area contributed by atoms with Crippen LogP contribution in [0.4, 0.5) is 0 Å². The summed E-state index contributed by atoms with van der Waals surface area (Å²) in [4.78, 5) is 1.36. The molecule has 16 heavy (non-hydrogen) atoms. The molecule has 1 aromatic rings. The summed E-state index contributed by atoms with van der Waals surface area (Å²) in [6.07, 6.45) is 3.33. The van der Waals surface area contributed by atoms with E-state index in [1.165, 1.54) is 4.88 Å². The number of hydrogen-bond acceptors (Lipinski definition) is 3. The summed E-state index contributed by atoms with van der Waals surface area (Å²) in [5.41, 5.74) is -0.714. The maximum Gasteiger partial charge on any atom is 0.0700 e. The molecular weight excluding hydrogens is 220 g/mol. The summed E-state index contributed by atoms with van der Waals surface area (Å²) in [6.45, 7) is 4.79. The fourth-order valence-electron chi connectivity index (χ4n) is 2.47. The van der Waals surface area contributed by atoms with E-state index in [1.807, 2.05) is 0 Å². The zero-order valence-corrected chi connectivity index (χ0v) is 10.8. The zero-order valence-electron chi connectivity index (χ0n) is 10.0. The van der Waals surface area contributed by atoms with Crippen molar-refractivity contribution in [1.29, 1.82) is 0 Å². The van der Waals surface area contributed by atoms with Gasteiger partial charge in [-0.25, -0.2) is 0 Å². The molecule has 0 bridgehead atoms. The fraction of sp³-hybridized carbons (Fsp3) is 0.692. The van der Waals surface area contributed by atoms with Gasteiger partial charge in [0.2, 0.25) is 0 Å². The van der Waals surface area contributed by atoms with Gasteiger partial charge in [0, 0.05) is 11.3 Å². The Kier molecular flexibility index (Phi) is 3.38. The van der Waals surface area contributed by atoms with E-state index in [9.17, 15) is 5.11 Å². The van der Waals surface area contributed by atoms with Crippen LogP contribution >= 0.6 is 11.3 Å². The highest BCUT2D eigenvalue weighted by Gasteiger charge is 2.38. The van der Waals surface area contributed by atoms with Crippen LogP contribution in [0.15, 0.2) is 17.5 Å². The molecule has 1 atom stereocenters. The van der Waals surface area contributed by atoms with E-state index >= 15 is 0 Å². The van der Waals surface area contributed by atoms with E-state index in [1.54, 1.807) is 11.3 Å². The van der Waals surface area contributed by atoms with Gasteiger partial charge in [-0.3, -0.25) is 0 Å². The van der Waals surface area contributed by atoms with Gasteiger partial charge in [0.05, 0.1) is 17.8 Å². The lowest BCUT2D eigenvalue weighted by atomic mass is 9.81. The van der Waals surface area contributed by atoms with Crippen LogP contribution in [-0.4, -0.2) is 22.9 Å². The third kappa shape index (κ3) is 3.06. The summed E-state index contributed by atoms with van der Waals surface area (Å²) in [5.74, 6) is 0. The predicted molar refractivity (Wildman–Crippen MR) is 66.9 cm³/mol. The molecule has 0 amide bonds. The second-order valence-electron chi connectivity index (χ2n) is 5.34. The average molecular weight is 240 g/mol. The van der Waals surface area contributed by atoms with E-state index in [2.05, 4.69) is 31.4 Å². The quantitative estimate of drug-likeness (QED) is 0.880. The topological polar surface area (TPSA) is 29.5 Å². The molecule has 1 aromatic heterocycles. The Morgan fingerprint density at radius 1 is 1.50 bits per heavy atom. The largest absolute Gasteiger partial charge is 0.390 e. The standard InChI is InChI=1S/C13H20O2S/c1-12(2)10-13(14,7-8-15-12)6-5-11-4-3-9-16-11/h3-4,9,14H,5-8,10H2,1-2H3. The summed E-state index contributed by atoms with van der Waals surface area (Å²) in [5, 5.41) is 12.6. The summed E-state index contributed by atoms with van der Waals surface area (Å²) in [6, 6.07) is 4.20. The minimum atomic E-state index is -0.536. The van der Waals surface area contributed by atoms with Crippen LogP contribution in [-0.2, 0) is 11.2 Å². The molecule has 0 radical (unpaired) electrons. The van der Waals surface area contributed by atoms with Crippen molar-refractivity contribution >= 4 is 11.3 Å². The molecule has 1 aliphatic rings. The number of thiophene rings is 1. The monoisotopic (exact) mass is 240 g/mol.